The first-order valence-electron chi connectivity index (χ1n) is 13.2. The molecule has 0 aromatic heterocycles. The molecule has 0 N–H and O–H groups in total. The third kappa shape index (κ3) is 5.37. The molecule has 7 heteroatoms. The fourth-order valence-electron chi connectivity index (χ4n) is 5.38. The van der Waals surface area contributed by atoms with Crippen LogP contribution < -0.4 is 19.6 Å². The number of amides is 2. The summed E-state index contributed by atoms with van der Waals surface area (Å²) in [4.78, 5) is 35.1. The zero-order chi connectivity index (χ0) is 27.6. The SMILES string of the molecule is CCN(CC)c1ccc2c(c1)N(C(=O)c1ccc(N(C)C)cc1)C(C)CC2N(C(C)=O)c1ccc(Cl)cc1. The minimum Gasteiger partial charge on any atom is -0.378 e. The van der Waals surface area contributed by atoms with E-state index in [0.717, 1.165) is 41.4 Å². The van der Waals surface area contributed by atoms with E-state index in [4.69, 9.17) is 11.6 Å². The molecule has 0 spiro atoms. The van der Waals surface area contributed by atoms with E-state index in [9.17, 15) is 9.59 Å². The molecular weight excluding hydrogens is 496 g/mol. The van der Waals surface area contributed by atoms with Gasteiger partial charge in [0.25, 0.3) is 5.91 Å². The molecule has 3 aromatic rings. The van der Waals surface area contributed by atoms with E-state index >= 15 is 0 Å². The lowest BCUT2D eigenvalue weighted by atomic mass is 9.89. The number of halogens is 1. The Bertz CT molecular complexity index is 1290. The van der Waals surface area contributed by atoms with Gasteiger partial charge < -0.3 is 19.6 Å². The molecule has 2 amide bonds. The summed E-state index contributed by atoms with van der Waals surface area (Å²) < 4.78 is 0. The molecule has 0 aliphatic carbocycles. The molecule has 200 valence electrons. The second-order valence-electron chi connectivity index (χ2n) is 10.00. The van der Waals surface area contributed by atoms with Gasteiger partial charge in [-0.25, -0.2) is 0 Å². The Balaban J connectivity index is 1.84. The Hall–Kier alpha value is -3.51. The van der Waals surface area contributed by atoms with Crippen LogP contribution in [-0.2, 0) is 4.79 Å². The first-order chi connectivity index (χ1) is 18.2. The summed E-state index contributed by atoms with van der Waals surface area (Å²) in [6.07, 6.45) is 0.612. The van der Waals surface area contributed by atoms with Crippen molar-refractivity contribution in [3.05, 3.63) is 82.9 Å². The maximum absolute atomic E-state index is 14.0. The highest BCUT2D eigenvalue weighted by molar-refractivity contribution is 6.30. The van der Waals surface area contributed by atoms with Crippen LogP contribution in [0.2, 0.25) is 5.02 Å². The predicted octanol–water partition coefficient (Wildman–Crippen LogP) is 6.79. The molecule has 0 saturated heterocycles. The van der Waals surface area contributed by atoms with Crippen molar-refractivity contribution in [2.75, 3.05) is 46.8 Å². The van der Waals surface area contributed by atoms with Crippen molar-refractivity contribution >= 4 is 46.2 Å². The van der Waals surface area contributed by atoms with Crippen LogP contribution in [0.3, 0.4) is 0 Å². The molecule has 0 bridgehead atoms. The topological polar surface area (TPSA) is 47.1 Å². The summed E-state index contributed by atoms with van der Waals surface area (Å²) in [5.74, 6) is -0.0950. The number of carbonyl (C=O) groups is 2. The van der Waals surface area contributed by atoms with Gasteiger partial charge in [-0.1, -0.05) is 17.7 Å². The second-order valence-corrected chi connectivity index (χ2v) is 10.4. The largest absolute Gasteiger partial charge is 0.378 e. The normalized spacial score (nSPS) is 16.6. The highest BCUT2D eigenvalue weighted by Crippen LogP contribution is 2.44. The van der Waals surface area contributed by atoms with Crippen molar-refractivity contribution < 1.29 is 9.59 Å². The average Bonchev–Trinajstić information content (AvgIpc) is 2.90. The van der Waals surface area contributed by atoms with Crippen LogP contribution in [0.4, 0.5) is 22.7 Å². The Morgan fingerprint density at radius 1 is 0.895 bits per heavy atom. The summed E-state index contributed by atoms with van der Waals surface area (Å²) in [6, 6.07) is 21.0. The summed E-state index contributed by atoms with van der Waals surface area (Å²) in [6.45, 7) is 9.62. The van der Waals surface area contributed by atoms with Gasteiger partial charge >= 0.3 is 0 Å². The van der Waals surface area contributed by atoms with Gasteiger partial charge in [0.15, 0.2) is 0 Å². The molecule has 2 unspecified atom stereocenters. The fraction of sp³-hybridized carbons (Fsp3) is 0.355. The Morgan fingerprint density at radius 3 is 2.03 bits per heavy atom. The smallest absolute Gasteiger partial charge is 0.258 e. The van der Waals surface area contributed by atoms with Gasteiger partial charge in [-0.3, -0.25) is 9.59 Å². The van der Waals surface area contributed by atoms with Crippen LogP contribution in [0.1, 0.15) is 56.1 Å². The quantitative estimate of drug-likeness (QED) is 0.336. The summed E-state index contributed by atoms with van der Waals surface area (Å²) >= 11 is 6.14. The van der Waals surface area contributed by atoms with Crippen LogP contribution in [0, 0.1) is 0 Å². The number of carbonyl (C=O) groups excluding carboxylic acids is 2. The lowest BCUT2D eigenvalue weighted by molar-refractivity contribution is -0.117. The zero-order valence-electron chi connectivity index (χ0n) is 23.1. The molecule has 2 atom stereocenters. The van der Waals surface area contributed by atoms with Gasteiger partial charge in [0, 0.05) is 67.8 Å². The summed E-state index contributed by atoms with van der Waals surface area (Å²) in [5, 5.41) is 0.621. The molecule has 1 aliphatic rings. The summed E-state index contributed by atoms with van der Waals surface area (Å²) in [5.41, 5.74) is 5.33. The number of anilines is 4. The molecule has 1 heterocycles. The van der Waals surface area contributed by atoms with Crippen LogP contribution in [-0.4, -0.2) is 45.0 Å². The Kier molecular flexibility index (Phi) is 8.32. The first kappa shape index (κ1) is 27.5. The monoisotopic (exact) mass is 532 g/mol. The summed E-state index contributed by atoms with van der Waals surface area (Å²) in [7, 11) is 3.96. The lowest BCUT2D eigenvalue weighted by Gasteiger charge is -2.44. The standard InChI is InChI=1S/C31H37ClN4O2/c1-7-34(8-2)27-17-18-28-29(36(22(4)37)26-15-11-24(32)12-16-26)19-21(3)35(30(28)20-27)31(38)23-9-13-25(14-10-23)33(5)6/h9-18,20-21,29H,7-8,19H2,1-6H3. The minimum atomic E-state index is -0.218. The van der Waals surface area contributed by atoms with Crippen molar-refractivity contribution in [3.8, 4) is 0 Å². The zero-order valence-corrected chi connectivity index (χ0v) is 23.9. The van der Waals surface area contributed by atoms with E-state index < -0.39 is 0 Å². The molecular formula is C31H37ClN4O2. The highest BCUT2D eigenvalue weighted by Gasteiger charge is 2.38. The number of rotatable bonds is 7. The number of hydrogen-bond acceptors (Lipinski definition) is 4. The molecule has 0 fully saturated rings. The minimum absolute atomic E-state index is 0.0416. The molecule has 3 aromatic carbocycles. The van der Waals surface area contributed by atoms with E-state index in [1.807, 2.05) is 65.2 Å². The number of fused-ring (bicyclic) bond motifs is 1. The number of nitrogens with zero attached hydrogens (tertiary/aromatic N) is 4. The van der Waals surface area contributed by atoms with Crippen molar-refractivity contribution in [2.24, 2.45) is 0 Å². The van der Waals surface area contributed by atoms with E-state index in [1.165, 1.54) is 0 Å². The second kappa shape index (κ2) is 11.5. The van der Waals surface area contributed by atoms with Gasteiger partial charge in [0.2, 0.25) is 5.91 Å². The van der Waals surface area contributed by atoms with Gasteiger partial charge in [0.05, 0.1) is 11.7 Å². The van der Waals surface area contributed by atoms with Crippen LogP contribution in [0.5, 0.6) is 0 Å². The van der Waals surface area contributed by atoms with E-state index in [2.05, 4.69) is 43.9 Å². The van der Waals surface area contributed by atoms with Gasteiger partial charge in [-0.05, 0) is 93.4 Å². The van der Waals surface area contributed by atoms with E-state index in [0.29, 0.717) is 17.0 Å². The van der Waals surface area contributed by atoms with Crippen molar-refractivity contribution in [3.63, 3.8) is 0 Å². The maximum Gasteiger partial charge on any atom is 0.258 e. The number of benzene rings is 3. The third-order valence-corrected chi connectivity index (χ3v) is 7.62. The third-order valence-electron chi connectivity index (χ3n) is 7.37. The van der Waals surface area contributed by atoms with Crippen LogP contribution >= 0.6 is 11.6 Å². The molecule has 6 nitrogen and oxygen atoms in total. The van der Waals surface area contributed by atoms with Crippen molar-refractivity contribution in [1.29, 1.82) is 0 Å². The van der Waals surface area contributed by atoms with Gasteiger partial charge in [0.1, 0.15) is 0 Å². The maximum atomic E-state index is 14.0. The van der Waals surface area contributed by atoms with Crippen LogP contribution in [0.15, 0.2) is 66.7 Å². The highest BCUT2D eigenvalue weighted by atomic mass is 35.5. The molecule has 1 aliphatic heterocycles. The predicted molar refractivity (Wildman–Crippen MR) is 159 cm³/mol. The Labute approximate surface area is 231 Å². The molecule has 4 rings (SSSR count). The molecule has 0 radical (unpaired) electrons. The Morgan fingerprint density at radius 2 is 1.47 bits per heavy atom. The number of hydrogen-bond donors (Lipinski definition) is 0. The lowest BCUT2D eigenvalue weighted by Crippen LogP contribution is -2.47. The molecule has 0 saturated carbocycles. The fourth-order valence-corrected chi connectivity index (χ4v) is 5.51. The van der Waals surface area contributed by atoms with E-state index in [1.54, 1.807) is 19.1 Å². The van der Waals surface area contributed by atoms with Gasteiger partial charge in [-0.15, -0.1) is 0 Å². The van der Waals surface area contributed by atoms with E-state index in [-0.39, 0.29) is 23.9 Å². The van der Waals surface area contributed by atoms with Crippen molar-refractivity contribution in [1.82, 2.24) is 0 Å². The first-order valence-corrected chi connectivity index (χ1v) is 13.6. The van der Waals surface area contributed by atoms with Crippen LogP contribution in [0.25, 0.3) is 0 Å². The molecule has 38 heavy (non-hydrogen) atoms. The van der Waals surface area contributed by atoms with Crippen molar-refractivity contribution in [2.45, 2.75) is 46.2 Å². The van der Waals surface area contributed by atoms with Gasteiger partial charge in [-0.2, -0.15) is 0 Å². The average molecular weight is 533 g/mol.